The lowest BCUT2D eigenvalue weighted by Gasteiger charge is -2.12. The van der Waals surface area contributed by atoms with Crippen LogP contribution < -0.4 is 0 Å². The van der Waals surface area contributed by atoms with Crippen molar-refractivity contribution in [3.63, 3.8) is 0 Å². The number of aromatic nitrogens is 5. The van der Waals surface area contributed by atoms with E-state index in [1.54, 1.807) is 12.4 Å². The van der Waals surface area contributed by atoms with Gasteiger partial charge in [-0.15, -0.1) is 11.3 Å². The van der Waals surface area contributed by atoms with Gasteiger partial charge in [0.15, 0.2) is 5.82 Å². The molecule has 58 heavy (non-hydrogen) atoms. The van der Waals surface area contributed by atoms with E-state index in [2.05, 4.69) is 166 Å². The van der Waals surface area contributed by atoms with Crippen LogP contribution in [0.25, 0.3) is 104 Å². The van der Waals surface area contributed by atoms with Crippen LogP contribution in [0.3, 0.4) is 0 Å². The van der Waals surface area contributed by atoms with Crippen molar-refractivity contribution >= 4 is 43.2 Å². The number of hydrogen-bond donors (Lipinski definition) is 0. The van der Waals surface area contributed by atoms with Crippen molar-refractivity contribution < 1.29 is 0 Å². The van der Waals surface area contributed by atoms with Gasteiger partial charge in [0.2, 0.25) is 0 Å². The Morgan fingerprint density at radius 3 is 1.74 bits per heavy atom. The van der Waals surface area contributed by atoms with Crippen LogP contribution >= 0.6 is 11.3 Å². The first-order valence-electron chi connectivity index (χ1n) is 19.3. The van der Waals surface area contributed by atoms with Crippen molar-refractivity contribution in [1.29, 1.82) is 0 Å². The van der Waals surface area contributed by atoms with Gasteiger partial charge in [0.05, 0.1) is 22.4 Å². The lowest BCUT2D eigenvalue weighted by molar-refractivity contribution is 1.16. The van der Waals surface area contributed by atoms with E-state index in [1.807, 2.05) is 48.0 Å². The summed E-state index contributed by atoms with van der Waals surface area (Å²) in [5.74, 6) is 0.652. The molecular weight excluding hydrogens is 727 g/mol. The van der Waals surface area contributed by atoms with E-state index in [-0.39, 0.29) is 0 Å². The Kier molecular flexibility index (Phi) is 8.26. The second kappa shape index (κ2) is 14.2. The Hall–Kier alpha value is -7.54. The number of thiophene rings is 1. The van der Waals surface area contributed by atoms with E-state index >= 15 is 0 Å². The monoisotopic (exact) mass is 759 g/mol. The summed E-state index contributed by atoms with van der Waals surface area (Å²) in [5.41, 5.74) is 14.0. The van der Waals surface area contributed by atoms with Crippen LogP contribution in [-0.4, -0.2) is 24.5 Å². The summed E-state index contributed by atoms with van der Waals surface area (Å²) in [4.78, 5) is 20.0. The summed E-state index contributed by atoms with van der Waals surface area (Å²) in [6.07, 6.45) is 7.21. The molecule has 0 atom stereocenters. The molecule has 0 aliphatic rings. The first kappa shape index (κ1) is 33.8. The molecule has 0 saturated carbocycles. The highest BCUT2D eigenvalue weighted by Crippen LogP contribution is 2.49. The van der Waals surface area contributed by atoms with Gasteiger partial charge in [0.25, 0.3) is 0 Å². The highest BCUT2D eigenvalue weighted by Gasteiger charge is 2.22. The predicted octanol–water partition coefficient (Wildman–Crippen LogP) is 13.6. The van der Waals surface area contributed by atoms with Crippen molar-refractivity contribution in [3.8, 4) is 72.3 Å². The van der Waals surface area contributed by atoms with Gasteiger partial charge >= 0.3 is 0 Å². The molecule has 5 aromatic heterocycles. The van der Waals surface area contributed by atoms with Crippen molar-refractivity contribution in [3.05, 3.63) is 201 Å². The van der Waals surface area contributed by atoms with Crippen LogP contribution in [0.2, 0.25) is 0 Å². The standard InChI is InChI=1S/C52H33N5S/c1-3-10-37(11-4-1)48-43-22-23-47-49(51(43)58-50(48)38-12-5-2-6-13-38)42-16-7-8-17-46(42)57(47)41-15-9-14-40(32-41)45-33-44(55-52(56-45)39-26-30-54-31-27-39)36-20-18-34(19-21-36)35-24-28-53-29-25-35/h1-33H. The maximum Gasteiger partial charge on any atom is 0.160 e. The SMILES string of the molecule is c1ccc(-c2sc3c(ccc4c3c3ccccc3n4-c3cccc(-c4cc(-c5ccc(-c6ccncc6)cc5)nc(-c5ccncc5)n4)c3)c2-c2ccccc2)cc1. The maximum atomic E-state index is 5.17. The lowest BCUT2D eigenvalue weighted by atomic mass is 9.98. The molecule has 0 amide bonds. The second-order valence-electron chi connectivity index (χ2n) is 14.3. The minimum atomic E-state index is 0.652. The van der Waals surface area contributed by atoms with Gasteiger partial charge in [-0.25, -0.2) is 9.97 Å². The molecule has 11 aromatic rings. The summed E-state index contributed by atoms with van der Waals surface area (Å²) < 4.78 is 3.69. The van der Waals surface area contributed by atoms with Gasteiger partial charge in [-0.1, -0.05) is 121 Å². The smallest absolute Gasteiger partial charge is 0.160 e. The molecule has 0 fully saturated rings. The van der Waals surface area contributed by atoms with E-state index in [1.165, 1.54) is 47.9 Å². The molecule has 11 rings (SSSR count). The van der Waals surface area contributed by atoms with E-state index in [4.69, 9.17) is 9.97 Å². The number of benzene rings is 6. The van der Waals surface area contributed by atoms with Crippen LogP contribution in [0.5, 0.6) is 0 Å². The Morgan fingerprint density at radius 1 is 0.397 bits per heavy atom. The van der Waals surface area contributed by atoms with Gasteiger partial charge < -0.3 is 4.57 Å². The van der Waals surface area contributed by atoms with Crippen molar-refractivity contribution in [2.75, 3.05) is 0 Å². The Morgan fingerprint density at radius 2 is 1.00 bits per heavy atom. The van der Waals surface area contributed by atoms with Gasteiger partial charge in [-0.3, -0.25) is 9.97 Å². The number of pyridine rings is 2. The molecule has 0 aliphatic carbocycles. The second-order valence-corrected chi connectivity index (χ2v) is 15.3. The largest absolute Gasteiger partial charge is 0.309 e. The summed E-state index contributed by atoms with van der Waals surface area (Å²) in [5, 5.41) is 3.76. The maximum absolute atomic E-state index is 5.17. The molecule has 0 N–H and O–H groups in total. The van der Waals surface area contributed by atoms with Gasteiger partial charge in [-0.05, 0) is 76.9 Å². The van der Waals surface area contributed by atoms with Gasteiger partial charge in [0.1, 0.15) is 0 Å². The van der Waals surface area contributed by atoms with Gasteiger partial charge in [0, 0.05) is 78.5 Å². The molecule has 6 heteroatoms. The third-order valence-electron chi connectivity index (χ3n) is 10.8. The molecule has 5 nitrogen and oxygen atoms in total. The minimum absolute atomic E-state index is 0.652. The van der Waals surface area contributed by atoms with Crippen LogP contribution in [0.1, 0.15) is 0 Å². The summed E-state index contributed by atoms with van der Waals surface area (Å²) >= 11 is 1.89. The normalized spacial score (nSPS) is 11.4. The molecule has 0 bridgehead atoms. The zero-order chi connectivity index (χ0) is 38.4. The zero-order valence-electron chi connectivity index (χ0n) is 31.2. The lowest BCUT2D eigenvalue weighted by Crippen LogP contribution is -1.98. The molecule has 0 aliphatic heterocycles. The van der Waals surface area contributed by atoms with Crippen LogP contribution in [0.4, 0.5) is 0 Å². The number of fused-ring (bicyclic) bond motifs is 5. The molecule has 5 heterocycles. The van der Waals surface area contributed by atoms with Crippen LogP contribution in [0.15, 0.2) is 201 Å². The third-order valence-corrected chi connectivity index (χ3v) is 12.1. The number of nitrogens with zero attached hydrogens (tertiary/aromatic N) is 5. The molecule has 0 saturated heterocycles. The Bertz CT molecular complexity index is 3250. The van der Waals surface area contributed by atoms with E-state index in [9.17, 15) is 0 Å². The van der Waals surface area contributed by atoms with Gasteiger partial charge in [-0.2, -0.15) is 0 Å². The summed E-state index contributed by atoms with van der Waals surface area (Å²) in [6.45, 7) is 0. The third kappa shape index (κ3) is 5.86. The number of hydrogen-bond acceptors (Lipinski definition) is 5. The Balaban J connectivity index is 1.09. The van der Waals surface area contributed by atoms with E-state index in [0.29, 0.717) is 5.82 Å². The molecule has 6 aromatic carbocycles. The van der Waals surface area contributed by atoms with Crippen molar-refractivity contribution in [2.45, 2.75) is 0 Å². The van der Waals surface area contributed by atoms with Crippen molar-refractivity contribution in [1.82, 2.24) is 24.5 Å². The topological polar surface area (TPSA) is 56.5 Å². The molecule has 0 spiro atoms. The minimum Gasteiger partial charge on any atom is -0.309 e. The summed E-state index contributed by atoms with van der Waals surface area (Å²) in [6, 6.07) is 62.3. The highest BCUT2D eigenvalue weighted by atomic mass is 32.1. The average molecular weight is 760 g/mol. The fourth-order valence-electron chi connectivity index (χ4n) is 8.12. The molecule has 0 unspecified atom stereocenters. The Labute approximate surface area is 339 Å². The number of rotatable bonds is 7. The van der Waals surface area contributed by atoms with E-state index in [0.717, 1.165) is 50.4 Å². The van der Waals surface area contributed by atoms with Crippen LogP contribution in [0, 0.1) is 0 Å². The first-order chi connectivity index (χ1) is 28.8. The van der Waals surface area contributed by atoms with E-state index < -0.39 is 0 Å². The first-order valence-corrected chi connectivity index (χ1v) is 20.1. The fourth-order valence-corrected chi connectivity index (χ4v) is 9.51. The average Bonchev–Trinajstić information content (AvgIpc) is 3.87. The quantitative estimate of drug-likeness (QED) is 0.162. The molecular formula is C52H33N5S. The highest BCUT2D eigenvalue weighted by molar-refractivity contribution is 7.24. The van der Waals surface area contributed by atoms with Crippen LogP contribution in [-0.2, 0) is 0 Å². The molecule has 0 radical (unpaired) electrons. The summed E-state index contributed by atoms with van der Waals surface area (Å²) in [7, 11) is 0. The van der Waals surface area contributed by atoms with Crippen molar-refractivity contribution in [2.24, 2.45) is 0 Å². The zero-order valence-corrected chi connectivity index (χ0v) is 32.0. The fraction of sp³-hybridized carbons (Fsp3) is 0. The number of para-hydroxylation sites is 1. The molecule has 272 valence electrons. The predicted molar refractivity (Wildman–Crippen MR) is 240 cm³/mol.